The first-order chi connectivity index (χ1) is 9.51. The van der Waals surface area contributed by atoms with Gasteiger partial charge in [-0.1, -0.05) is 0 Å². The number of sulfonamides is 1. The van der Waals surface area contributed by atoms with E-state index in [1.807, 2.05) is 10.9 Å². The highest BCUT2D eigenvalue weighted by Gasteiger charge is 2.30. The van der Waals surface area contributed by atoms with Gasteiger partial charge in [0.15, 0.2) is 0 Å². The molecule has 0 radical (unpaired) electrons. The van der Waals surface area contributed by atoms with E-state index in [0.29, 0.717) is 6.54 Å². The van der Waals surface area contributed by atoms with Crippen LogP contribution in [0.1, 0.15) is 25.0 Å². The Morgan fingerprint density at radius 2 is 2.20 bits per heavy atom. The Labute approximate surface area is 120 Å². The third-order valence-corrected chi connectivity index (χ3v) is 4.82. The van der Waals surface area contributed by atoms with E-state index in [1.165, 1.54) is 24.8 Å². The van der Waals surface area contributed by atoms with Crippen molar-refractivity contribution >= 4 is 10.0 Å². The third-order valence-electron chi connectivity index (χ3n) is 4.13. The van der Waals surface area contributed by atoms with Crippen LogP contribution in [-0.4, -0.2) is 48.5 Å². The molecule has 6 nitrogen and oxygen atoms in total. The van der Waals surface area contributed by atoms with Crippen LogP contribution in [0.15, 0.2) is 12.3 Å². The summed E-state index contributed by atoms with van der Waals surface area (Å²) in [4.78, 5) is 2.43. The zero-order valence-electron chi connectivity index (χ0n) is 11.8. The standard InChI is InChI=1S/C13H22N4O2S/c1-20(18,19)15-8-12-5-7-17-13(4-6-14-17)10-16(12)9-11-2-3-11/h4,6,11-12,15H,2-3,5,7-10H2,1H3/t12-/m1/s1. The largest absolute Gasteiger partial charge is 0.293 e. The number of nitrogens with one attached hydrogen (secondary N) is 1. The molecule has 1 N–H and O–H groups in total. The summed E-state index contributed by atoms with van der Waals surface area (Å²) in [5.74, 6) is 0.796. The molecule has 20 heavy (non-hydrogen) atoms. The topological polar surface area (TPSA) is 67.2 Å². The molecule has 7 heteroatoms. The Hall–Kier alpha value is -0.920. The van der Waals surface area contributed by atoms with Crippen LogP contribution in [-0.2, 0) is 23.1 Å². The average molecular weight is 298 g/mol. The van der Waals surface area contributed by atoms with E-state index < -0.39 is 10.0 Å². The lowest BCUT2D eigenvalue weighted by atomic mass is 10.1. The highest BCUT2D eigenvalue weighted by atomic mass is 32.2. The van der Waals surface area contributed by atoms with Crippen molar-refractivity contribution in [2.75, 3.05) is 19.3 Å². The molecule has 2 heterocycles. The molecule has 1 aliphatic heterocycles. The zero-order chi connectivity index (χ0) is 14.2. The molecule has 1 fully saturated rings. The van der Waals surface area contributed by atoms with E-state index in [4.69, 9.17) is 0 Å². The van der Waals surface area contributed by atoms with E-state index in [-0.39, 0.29) is 6.04 Å². The summed E-state index contributed by atoms with van der Waals surface area (Å²) in [5.41, 5.74) is 1.23. The summed E-state index contributed by atoms with van der Waals surface area (Å²) in [6.45, 7) is 3.30. The molecular formula is C13H22N4O2S. The SMILES string of the molecule is CS(=O)(=O)NC[C@H]1CCn2nccc2CN1CC1CC1. The van der Waals surface area contributed by atoms with E-state index in [2.05, 4.69) is 20.8 Å². The summed E-state index contributed by atoms with van der Waals surface area (Å²) in [6.07, 6.45) is 6.62. The maximum atomic E-state index is 11.3. The predicted molar refractivity (Wildman–Crippen MR) is 76.6 cm³/mol. The number of rotatable bonds is 5. The lowest BCUT2D eigenvalue weighted by Crippen LogP contribution is -2.43. The van der Waals surface area contributed by atoms with Crippen LogP contribution in [0.3, 0.4) is 0 Å². The quantitative estimate of drug-likeness (QED) is 0.855. The molecule has 112 valence electrons. The Balaban J connectivity index is 1.71. The van der Waals surface area contributed by atoms with E-state index in [9.17, 15) is 8.42 Å². The summed E-state index contributed by atoms with van der Waals surface area (Å²) in [7, 11) is -3.12. The summed E-state index contributed by atoms with van der Waals surface area (Å²) in [6, 6.07) is 2.32. The molecule has 0 unspecified atom stereocenters. The molecule has 0 spiro atoms. The summed E-state index contributed by atoms with van der Waals surface area (Å²) >= 11 is 0. The van der Waals surface area contributed by atoms with Gasteiger partial charge in [-0.05, 0) is 31.2 Å². The average Bonchev–Trinajstić information content (AvgIpc) is 3.10. The van der Waals surface area contributed by atoms with E-state index in [0.717, 1.165) is 32.0 Å². The second-order valence-electron chi connectivity index (χ2n) is 5.98. The van der Waals surface area contributed by atoms with Crippen LogP contribution >= 0.6 is 0 Å². The van der Waals surface area contributed by atoms with Crippen molar-refractivity contribution in [1.29, 1.82) is 0 Å². The van der Waals surface area contributed by atoms with Gasteiger partial charge in [-0.3, -0.25) is 9.58 Å². The van der Waals surface area contributed by atoms with Gasteiger partial charge in [0.05, 0.1) is 11.9 Å². The van der Waals surface area contributed by atoms with Crippen LogP contribution in [0.5, 0.6) is 0 Å². The number of fused-ring (bicyclic) bond motifs is 1. The lowest BCUT2D eigenvalue weighted by Gasteiger charge is -2.29. The van der Waals surface area contributed by atoms with Gasteiger partial charge in [-0.2, -0.15) is 5.10 Å². The van der Waals surface area contributed by atoms with Crippen molar-refractivity contribution in [3.05, 3.63) is 18.0 Å². The van der Waals surface area contributed by atoms with Gasteiger partial charge >= 0.3 is 0 Å². The van der Waals surface area contributed by atoms with Crippen molar-refractivity contribution in [3.8, 4) is 0 Å². The smallest absolute Gasteiger partial charge is 0.208 e. The Morgan fingerprint density at radius 1 is 1.40 bits per heavy atom. The molecule has 0 amide bonds. The highest BCUT2D eigenvalue weighted by molar-refractivity contribution is 7.88. The molecule has 0 bridgehead atoms. The molecule has 1 saturated carbocycles. The minimum Gasteiger partial charge on any atom is -0.293 e. The minimum absolute atomic E-state index is 0.257. The van der Waals surface area contributed by atoms with E-state index in [1.54, 1.807) is 0 Å². The first-order valence-electron chi connectivity index (χ1n) is 7.20. The van der Waals surface area contributed by atoms with Crippen molar-refractivity contribution in [2.24, 2.45) is 5.92 Å². The van der Waals surface area contributed by atoms with Crippen molar-refractivity contribution in [1.82, 2.24) is 19.4 Å². The summed E-state index contributed by atoms with van der Waals surface area (Å²) < 4.78 is 27.3. The van der Waals surface area contributed by atoms with Crippen LogP contribution in [0.25, 0.3) is 0 Å². The Kier molecular flexibility index (Phi) is 3.83. The predicted octanol–water partition coefficient (Wildman–Crippen LogP) is 0.417. The number of aryl methyl sites for hydroxylation is 1. The van der Waals surface area contributed by atoms with Crippen LogP contribution < -0.4 is 4.72 Å². The fourth-order valence-electron chi connectivity index (χ4n) is 2.81. The minimum atomic E-state index is -3.12. The molecule has 0 aromatic carbocycles. The second-order valence-corrected chi connectivity index (χ2v) is 7.81. The Morgan fingerprint density at radius 3 is 2.90 bits per heavy atom. The molecule has 1 aliphatic carbocycles. The summed E-state index contributed by atoms with van der Waals surface area (Å²) in [5, 5.41) is 4.34. The maximum Gasteiger partial charge on any atom is 0.208 e. The van der Waals surface area contributed by atoms with Gasteiger partial charge in [0.2, 0.25) is 10.0 Å². The second kappa shape index (κ2) is 5.46. The van der Waals surface area contributed by atoms with Gasteiger partial charge in [0, 0.05) is 38.4 Å². The number of nitrogens with zero attached hydrogens (tertiary/aromatic N) is 3. The monoisotopic (exact) mass is 298 g/mol. The Bertz CT molecular complexity index is 565. The molecule has 0 saturated heterocycles. The van der Waals surface area contributed by atoms with Crippen molar-refractivity contribution < 1.29 is 8.42 Å². The first-order valence-corrected chi connectivity index (χ1v) is 9.10. The fourth-order valence-corrected chi connectivity index (χ4v) is 3.31. The number of hydrogen-bond acceptors (Lipinski definition) is 4. The van der Waals surface area contributed by atoms with Crippen LogP contribution in [0.2, 0.25) is 0 Å². The van der Waals surface area contributed by atoms with Crippen molar-refractivity contribution in [3.63, 3.8) is 0 Å². The number of hydrogen-bond donors (Lipinski definition) is 1. The van der Waals surface area contributed by atoms with Gasteiger partial charge in [0.1, 0.15) is 0 Å². The molecule has 1 aromatic heterocycles. The maximum absolute atomic E-state index is 11.3. The normalized spacial score (nSPS) is 24.4. The van der Waals surface area contributed by atoms with Crippen LogP contribution in [0, 0.1) is 5.92 Å². The van der Waals surface area contributed by atoms with Crippen LogP contribution in [0.4, 0.5) is 0 Å². The lowest BCUT2D eigenvalue weighted by molar-refractivity contribution is 0.177. The van der Waals surface area contributed by atoms with Gasteiger partial charge < -0.3 is 0 Å². The molecule has 1 aromatic rings. The molecular weight excluding hydrogens is 276 g/mol. The van der Waals surface area contributed by atoms with Gasteiger partial charge in [-0.25, -0.2) is 13.1 Å². The number of aromatic nitrogens is 2. The van der Waals surface area contributed by atoms with Gasteiger partial charge in [-0.15, -0.1) is 0 Å². The van der Waals surface area contributed by atoms with Crippen molar-refractivity contribution in [2.45, 2.75) is 38.4 Å². The fraction of sp³-hybridized carbons (Fsp3) is 0.769. The third kappa shape index (κ3) is 3.59. The molecule has 2 aliphatic rings. The van der Waals surface area contributed by atoms with Gasteiger partial charge in [0.25, 0.3) is 0 Å². The first kappa shape index (κ1) is 14.0. The zero-order valence-corrected chi connectivity index (χ0v) is 12.6. The highest BCUT2D eigenvalue weighted by Crippen LogP contribution is 2.31. The molecule has 3 rings (SSSR count). The molecule has 1 atom stereocenters. The van der Waals surface area contributed by atoms with E-state index >= 15 is 0 Å².